The molecule has 0 aromatic heterocycles. The lowest BCUT2D eigenvalue weighted by atomic mass is 10.1. The third kappa shape index (κ3) is 6.29. The number of hydrogen-bond acceptors (Lipinski definition) is 3. The largest absolute Gasteiger partial charge is 0.357 e. The second kappa shape index (κ2) is 10.4. The van der Waals surface area contributed by atoms with Crippen LogP contribution in [0.4, 0.5) is 0 Å². The number of rotatable bonds is 8. The number of nitrogens with zero attached hydrogens (tertiary/aromatic N) is 1. The van der Waals surface area contributed by atoms with Gasteiger partial charge in [0.05, 0.1) is 5.75 Å². The van der Waals surface area contributed by atoms with Crippen LogP contribution in [0.3, 0.4) is 0 Å². The summed E-state index contributed by atoms with van der Waals surface area (Å²) in [7, 11) is 1.57. The fraction of sp³-hybridized carbons (Fsp3) is 0.333. The van der Waals surface area contributed by atoms with Gasteiger partial charge in [-0.3, -0.25) is 9.59 Å². The van der Waals surface area contributed by atoms with E-state index in [1.54, 1.807) is 36.7 Å². The Morgan fingerprint density at radius 2 is 1.81 bits per heavy atom. The zero-order chi connectivity index (χ0) is 19.8. The first-order valence-electron chi connectivity index (χ1n) is 8.80. The highest BCUT2D eigenvalue weighted by Crippen LogP contribution is 2.20. The van der Waals surface area contributed by atoms with E-state index >= 15 is 0 Å². The van der Waals surface area contributed by atoms with Gasteiger partial charge in [0.1, 0.15) is 6.04 Å². The molecule has 1 atom stereocenters. The van der Waals surface area contributed by atoms with E-state index in [2.05, 4.69) is 29.6 Å². The van der Waals surface area contributed by atoms with Crippen LogP contribution in [0.5, 0.6) is 0 Å². The normalized spacial score (nSPS) is 11.7. The molecule has 0 fully saturated rings. The number of thioether (sulfide) groups is 1. The van der Waals surface area contributed by atoms with E-state index in [9.17, 15) is 9.59 Å². The second-order valence-corrected chi connectivity index (χ2v) is 7.77. The maximum Gasteiger partial charge on any atom is 0.242 e. The molecule has 0 aliphatic heterocycles. The van der Waals surface area contributed by atoms with Crippen LogP contribution in [0, 0.1) is 6.92 Å². The van der Waals surface area contributed by atoms with Crippen molar-refractivity contribution in [2.24, 2.45) is 0 Å². The minimum Gasteiger partial charge on any atom is -0.357 e. The van der Waals surface area contributed by atoms with E-state index in [0.29, 0.717) is 17.3 Å². The molecule has 4 nitrogen and oxygen atoms in total. The van der Waals surface area contributed by atoms with Gasteiger partial charge in [-0.25, -0.2) is 0 Å². The van der Waals surface area contributed by atoms with Crippen LogP contribution < -0.4 is 5.32 Å². The molecule has 2 aromatic carbocycles. The van der Waals surface area contributed by atoms with Crippen LogP contribution >= 0.6 is 23.4 Å². The van der Waals surface area contributed by atoms with E-state index in [-0.39, 0.29) is 11.8 Å². The average Bonchev–Trinajstić information content (AvgIpc) is 2.67. The molecule has 0 radical (unpaired) electrons. The standard InChI is InChI=1S/C21H25ClN2O2S/c1-15-8-10-17(11-9-15)13-27-14-20(25)24(16(2)21(26)23-3)12-18-6-4-5-7-19(18)22/h4-11,16H,12-14H2,1-3H3,(H,23,26)/t16-/m1/s1. The van der Waals surface area contributed by atoms with Crippen LogP contribution in [-0.4, -0.2) is 35.6 Å². The summed E-state index contributed by atoms with van der Waals surface area (Å²) in [4.78, 5) is 26.5. The lowest BCUT2D eigenvalue weighted by Crippen LogP contribution is -2.47. The van der Waals surface area contributed by atoms with Crippen LogP contribution in [0.1, 0.15) is 23.6 Å². The predicted molar refractivity (Wildman–Crippen MR) is 113 cm³/mol. The third-order valence-electron chi connectivity index (χ3n) is 4.33. The summed E-state index contributed by atoms with van der Waals surface area (Å²) in [5.41, 5.74) is 3.22. The first-order chi connectivity index (χ1) is 12.9. The maximum atomic E-state index is 12.8. The van der Waals surface area contributed by atoms with Crippen LogP contribution in [-0.2, 0) is 21.9 Å². The van der Waals surface area contributed by atoms with Gasteiger partial charge in [0.25, 0.3) is 0 Å². The molecule has 1 N–H and O–H groups in total. The minimum absolute atomic E-state index is 0.0804. The number of aryl methyl sites for hydroxylation is 1. The molecule has 144 valence electrons. The van der Waals surface area contributed by atoms with E-state index in [1.165, 1.54) is 11.1 Å². The van der Waals surface area contributed by atoms with Crippen molar-refractivity contribution in [2.45, 2.75) is 32.2 Å². The van der Waals surface area contributed by atoms with E-state index < -0.39 is 6.04 Å². The first kappa shape index (κ1) is 21.3. The van der Waals surface area contributed by atoms with Crippen molar-refractivity contribution in [1.82, 2.24) is 10.2 Å². The predicted octanol–water partition coefficient (Wildman–Crippen LogP) is 4.04. The van der Waals surface area contributed by atoms with Gasteiger partial charge in [0.15, 0.2) is 0 Å². The third-order valence-corrected chi connectivity index (χ3v) is 5.68. The second-order valence-electron chi connectivity index (χ2n) is 6.38. The van der Waals surface area contributed by atoms with Gasteiger partial charge in [0, 0.05) is 24.4 Å². The first-order valence-corrected chi connectivity index (χ1v) is 10.3. The van der Waals surface area contributed by atoms with Crippen LogP contribution in [0.25, 0.3) is 0 Å². The molecule has 0 saturated heterocycles. The minimum atomic E-state index is -0.571. The Hall–Kier alpha value is -1.98. The fourth-order valence-corrected chi connectivity index (χ4v) is 3.69. The van der Waals surface area contributed by atoms with E-state index in [0.717, 1.165) is 11.3 Å². The Labute approximate surface area is 170 Å². The summed E-state index contributed by atoms with van der Waals surface area (Å²) in [5, 5.41) is 3.20. The molecule has 2 aromatic rings. The van der Waals surface area contributed by atoms with Gasteiger partial charge in [-0.15, -0.1) is 11.8 Å². The Morgan fingerprint density at radius 1 is 1.15 bits per heavy atom. The van der Waals surface area contributed by atoms with Crippen molar-refractivity contribution in [3.05, 3.63) is 70.2 Å². The zero-order valence-electron chi connectivity index (χ0n) is 15.9. The zero-order valence-corrected chi connectivity index (χ0v) is 17.4. The molecule has 0 aliphatic rings. The molecule has 6 heteroatoms. The van der Waals surface area contributed by atoms with Gasteiger partial charge in [0.2, 0.25) is 11.8 Å². The number of benzene rings is 2. The molecule has 2 amide bonds. The number of amides is 2. The summed E-state index contributed by atoms with van der Waals surface area (Å²) < 4.78 is 0. The number of hydrogen-bond donors (Lipinski definition) is 1. The van der Waals surface area contributed by atoms with Gasteiger partial charge < -0.3 is 10.2 Å². The van der Waals surface area contributed by atoms with Crippen molar-refractivity contribution in [3.63, 3.8) is 0 Å². The lowest BCUT2D eigenvalue weighted by molar-refractivity contribution is -0.138. The van der Waals surface area contributed by atoms with Crippen molar-refractivity contribution in [3.8, 4) is 0 Å². The number of carbonyl (C=O) groups excluding carboxylic acids is 2. The maximum absolute atomic E-state index is 12.8. The molecule has 0 aliphatic carbocycles. The number of carbonyl (C=O) groups is 2. The average molecular weight is 405 g/mol. The van der Waals surface area contributed by atoms with E-state index in [4.69, 9.17) is 11.6 Å². The summed E-state index contributed by atoms with van der Waals surface area (Å²) in [6, 6.07) is 15.1. The summed E-state index contributed by atoms with van der Waals surface area (Å²) in [5.74, 6) is 0.780. The quantitative estimate of drug-likeness (QED) is 0.722. The molecule has 0 unspecified atom stereocenters. The van der Waals surface area contributed by atoms with E-state index in [1.807, 2.05) is 25.1 Å². The smallest absolute Gasteiger partial charge is 0.242 e. The van der Waals surface area contributed by atoms with Crippen molar-refractivity contribution in [1.29, 1.82) is 0 Å². The summed E-state index contributed by atoms with van der Waals surface area (Å²) >= 11 is 7.79. The molecule has 27 heavy (non-hydrogen) atoms. The molecule has 0 heterocycles. The highest BCUT2D eigenvalue weighted by Gasteiger charge is 2.25. The van der Waals surface area contributed by atoms with Gasteiger partial charge in [-0.05, 0) is 31.0 Å². The van der Waals surface area contributed by atoms with Gasteiger partial charge in [-0.2, -0.15) is 0 Å². The van der Waals surface area contributed by atoms with Crippen LogP contribution in [0.2, 0.25) is 5.02 Å². The molecular formula is C21H25ClN2O2S. The Morgan fingerprint density at radius 3 is 2.44 bits per heavy atom. The highest BCUT2D eigenvalue weighted by molar-refractivity contribution is 7.99. The lowest BCUT2D eigenvalue weighted by Gasteiger charge is -2.28. The van der Waals surface area contributed by atoms with Gasteiger partial charge in [-0.1, -0.05) is 59.6 Å². The van der Waals surface area contributed by atoms with Crippen molar-refractivity contribution in [2.75, 3.05) is 12.8 Å². The number of likely N-dealkylation sites (N-methyl/N-ethyl adjacent to an activating group) is 1. The number of halogens is 1. The molecule has 2 rings (SSSR count). The Balaban J connectivity index is 2.04. The van der Waals surface area contributed by atoms with Crippen molar-refractivity contribution >= 4 is 35.2 Å². The molecule has 0 spiro atoms. The topological polar surface area (TPSA) is 49.4 Å². The number of nitrogens with one attached hydrogen (secondary N) is 1. The molecule has 0 saturated carbocycles. The highest BCUT2D eigenvalue weighted by atomic mass is 35.5. The fourth-order valence-electron chi connectivity index (χ4n) is 2.63. The van der Waals surface area contributed by atoms with Gasteiger partial charge >= 0.3 is 0 Å². The summed E-state index contributed by atoms with van der Waals surface area (Å²) in [6.07, 6.45) is 0. The monoisotopic (exact) mass is 404 g/mol. The summed E-state index contributed by atoms with van der Waals surface area (Å²) in [6.45, 7) is 4.09. The SMILES string of the molecule is CNC(=O)[C@@H](C)N(Cc1ccccc1Cl)C(=O)CSCc1ccc(C)cc1. The van der Waals surface area contributed by atoms with Crippen molar-refractivity contribution < 1.29 is 9.59 Å². The molecular weight excluding hydrogens is 380 g/mol. The Kier molecular flexibility index (Phi) is 8.20. The van der Waals surface area contributed by atoms with Crippen LogP contribution in [0.15, 0.2) is 48.5 Å². The molecule has 0 bridgehead atoms. The Bertz CT molecular complexity index is 780.